The molecule has 0 saturated carbocycles. The second kappa shape index (κ2) is 7.03. The third-order valence-corrected chi connectivity index (χ3v) is 4.85. The standard InChI is InChI=1S/C20H20F2N4O2/c1-19(21,22)13-4-5-16(24-9-13)15-10-25-18(14-3-2-7-23-17(14)15)26-11-20(27)6-8-28-12-20/h2-5,7,9-10,27H,6,8,11-12H2,1H3,(H,25,26). The maximum atomic E-state index is 13.4. The van der Waals surface area contributed by atoms with E-state index in [1.54, 1.807) is 24.5 Å². The quantitative estimate of drug-likeness (QED) is 0.700. The molecule has 0 aromatic carbocycles. The van der Waals surface area contributed by atoms with Gasteiger partial charge in [-0.15, -0.1) is 0 Å². The Bertz CT molecular complexity index is 984. The van der Waals surface area contributed by atoms with Gasteiger partial charge in [0.15, 0.2) is 0 Å². The van der Waals surface area contributed by atoms with E-state index >= 15 is 0 Å². The molecule has 2 N–H and O–H groups in total. The van der Waals surface area contributed by atoms with Crippen LogP contribution < -0.4 is 5.32 Å². The summed E-state index contributed by atoms with van der Waals surface area (Å²) in [5.74, 6) is -2.36. The van der Waals surface area contributed by atoms with Crippen LogP contribution in [0.3, 0.4) is 0 Å². The molecule has 0 amide bonds. The molecular weight excluding hydrogens is 366 g/mol. The molecule has 3 aromatic heterocycles. The van der Waals surface area contributed by atoms with Crippen molar-refractivity contribution in [3.63, 3.8) is 0 Å². The van der Waals surface area contributed by atoms with Gasteiger partial charge in [0.25, 0.3) is 5.92 Å². The first kappa shape index (κ1) is 18.6. The first-order chi connectivity index (χ1) is 13.4. The summed E-state index contributed by atoms with van der Waals surface area (Å²) in [4.78, 5) is 13.1. The molecule has 1 unspecified atom stereocenters. The third-order valence-electron chi connectivity index (χ3n) is 4.85. The zero-order valence-corrected chi connectivity index (χ0v) is 15.3. The highest BCUT2D eigenvalue weighted by atomic mass is 19.3. The van der Waals surface area contributed by atoms with Crippen molar-refractivity contribution in [3.8, 4) is 11.3 Å². The molecule has 1 atom stereocenters. The summed E-state index contributed by atoms with van der Waals surface area (Å²) >= 11 is 0. The predicted octanol–water partition coefficient (Wildman–Crippen LogP) is 3.37. The molecule has 146 valence electrons. The molecule has 1 aliphatic heterocycles. The maximum absolute atomic E-state index is 13.4. The van der Waals surface area contributed by atoms with Gasteiger partial charge in [0.05, 0.1) is 17.8 Å². The van der Waals surface area contributed by atoms with Crippen molar-refractivity contribution in [2.24, 2.45) is 0 Å². The number of anilines is 1. The molecule has 28 heavy (non-hydrogen) atoms. The van der Waals surface area contributed by atoms with Crippen LogP contribution in [0.15, 0.2) is 42.9 Å². The zero-order chi connectivity index (χ0) is 19.8. The normalized spacial score (nSPS) is 19.9. The molecule has 4 rings (SSSR count). The molecule has 3 aromatic rings. The van der Waals surface area contributed by atoms with Crippen LogP contribution in [-0.4, -0.2) is 45.4 Å². The summed E-state index contributed by atoms with van der Waals surface area (Å²) in [6.45, 7) is 1.96. The van der Waals surface area contributed by atoms with Gasteiger partial charge in [-0.3, -0.25) is 9.97 Å². The summed E-state index contributed by atoms with van der Waals surface area (Å²) in [7, 11) is 0. The third kappa shape index (κ3) is 3.65. The fourth-order valence-corrected chi connectivity index (χ4v) is 3.20. The van der Waals surface area contributed by atoms with Crippen LogP contribution in [0.2, 0.25) is 0 Å². The summed E-state index contributed by atoms with van der Waals surface area (Å²) in [5, 5.41) is 14.4. The topological polar surface area (TPSA) is 80.2 Å². The number of aliphatic hydroxyl groups is 1. The van der Waals surface area contributed by atoms with E-state index in [1.165, 1.54) is 12.3 Å². The van der Waals surface area contributed by atoms with E-state index in [2.05, 4.69) is 20.3 Å². The lowest BCUT2D eigenvalue weighted by Crippen LogP contribution is -2.37. The Labute approximate surface area is 160 Å². The van der Waals surface area contributed by atoms with Gasteiger partial charge in [-0.2, -0.15) is 0 Å². The predicted molar refractivity (Wildman–Crippen MR) is 101 cm³/mol. The van der Waals surface area contributed by atoms with Crippen molar-refractivity contribution in [2.45, 2.75) is 24.9 Å². The highest BCUT2D eigenvalue weighted by Crippen LogP contribution is 2.32. The number of pyridine rings is 3. The van der Waals surface area contributed by atoms with Crippen LogP contribution in [-0.2, 0) is 10.7 Å². The lowest BCUT2D eigenvalue weighted by molar-refractivity contribution is 0.0171. The van der Waals surface area contributed by atoms with Gasteiger partial charge in [-0.1, -0.05) is 0 Å². The van der Waals surface area contributed by atoms with Gasteiger partial charge in [0.2, 0.25) is 0 Å². The van der Waals surface area contributed by atoms with Crippen LogP contribution in [0.25, 0.3) is 22.2 Å². The molecule has 0 bridgehead atoms. The largest absolute Gasteiger partial charge is 0.386 e. The second-order valence-electron chi connectivity index (χ2n) is 7.12. The highest BCUT2D eigenvalue weighted by Gasteiger charge is 2.32. The number of aromatic nitrogens is 3. The molecule has 0 radical (unpaired) electrons. The van der Waals surface area contributed by atoms with Crippen LogP contribution in [0, 0.1) is 0 Å². The summed E-state index contributed by atoms with van der Waals surface area (Å²) in [5.41, 5.74) is 0.746. The lowest BCUT2D eigenvalue weighted by atomic mass is 10.0. The van der Waals surface area contributed by atoms with Crippen LogP contribution in [0.5, 0.6) is 0 Å². The second-order valence-corrected chi connectivity index (χ2v) is 7.12. The average molecular weight is 386 g/mol. The Kier molecular flexibility index (Phi) is 4.68. The van der Waals surface area contributed by atoms with Crippen molar-refractivity contribution < 1.29 is 18.6 Å². The van der Waals surface area contributed by atoms with Crippen LogP contribution in [0.4, 0.5) is 14.6 Å². The Morgan fingerprint density at radius 3 is 2.75 bits per heavy atom. The maximum Gasteiger partial charge on any atom is 0.272 e. The monoisotopic (exact) mass is 386 g/mol. The van der Waals surface area contributed by atoms with E-state index in [0.29, 0.717) is 42.2 Å². The van der Waals surface area contributed by atoms with Gasteiger partial charge in [0, 0.05) is 61.6 Å². The number of fused-ring (bicyclic) bond motifs is 1. The number of nitrogens with one attached hydrogen (secondary N) is 1. The highest BCUT2D eigenvalue weighted by molar-refractivity contribution is 5.98. The average Bonchev–Trinajstić information content (AvgIpc) is 3.12. The first-order valence-corrected chi connectivity index (χ1v) is 8.98. The number of alkyl halides is 2. The van der Waals surface area contributed by atoms with Gasteiger partial charge in [0.1, 0.15) is 11.4 Å². The van der Waals surface area contributed by atoms with E-state index in [9.17, 15) is 13.9 Å². The Morgan fingerprint density at radius 2 is 2.07 bits per heavy atom. The molecule has 1 fully saturated rings. The fraction of sp³-hybridized carbons (Fsp3) is 0.350. The van der Waals surface area contributed by atoms with Crippen LogP contribution >= 0.6 is 0 Å². The fourth-order valence-electron chi connectivity index (χ4n) is 3.20. The number of halogens is 2. The minimum absolute atomic E-state index is 0.146. The molecule has 4 heterocycles. The van der Waals surface area contributed by atoms with Gasteiger partial charge < -0.3 is 15.2 Å². The number of nitrogens with zero attached hydrogens (tertiary/aromatic N) is 3. The van der Waals surface area contributed by atoms with E-state index in [0.717, 1.165) is 12.3 Å². The van der Waals surface area contributed by atoms with Gasteiger partial charge >= 0.3 is 0 Å². The summed E-state index contributed by atoms with van der Waals surface area (Å²) in [6, 6.07) is 6.56. The number of hydrogen-bond acceptors (Lipinski definition) is 6. The van der Waals surface area contributed by atoms with E-state index in [-0.39, 0.29) is 12.2 Å². The van der Waals surface area contributed by atoms with Gasteiger partial charge in [-0.05, 0) is 24.3 Å². The smallest absolute Gasteiger partial charge is 0.272 e. The van der Waals surface area contributed by atoms with E-state index in [4.69, 9.17) is 4.74 Å². The Balaban J connectivity index is 1.67. The number of hydrogen-bond donors (Lipinski definition) is 2. The number of ether oxygens (including phenoxy) is 1. The van der Waals surface area contributed by atoms with Crippen LogP contribution in [0.1, 0.15) is 18.9 Å². The van der Waals surface area contributed by atoms with Crippen molar-refractivity contribution >= 4 is 16.7 Å². The zero-order valence-electron chi connectivity index (χ0n) is 15.3. The Hall–Kier alpha value is -2.71. The first-order valence-electron chi connectivity index (χ1n) is 8.98. The minimum atomic E-state index is -2.94. The molecule has 1 saturated heterocycles. The van der Waals surface area contributed by atoms with E-state index < -0.39 is 11.5 Å². The molecule has 0 aliphatic carbocycles. The Morgan fingerprint density at radius 1 is 1.21 bits per heavy atom. The molecule has 6 nitrogen and oxygen atoms in total. The van der Waals surface area contributed by atoms with Crippen molar-refractivity contribution in [1.82, 2.24) is 15.0 Å². The van der Waals surface area contributed by atoms with E-state index in [1.807, 2.05) is 6.07 Å². The summed E-state index contributed by atoms with van der Waals surface area (Å²) < 4.78 is 32.1. The molecule has 8 heteroatoms. The van der Waals surface area contributed by atoms with Gasteiger partial charge in [-0.25, -0.2) is 13.8 Å². The number of rotatable bonds is 5. The van der Waals surface area contributed by atoms with Crippen molar-refractivity contribution in [2.75, 3.05) is 25.1 Å². The van der Waals surface area contributed by atoms with Crippen molar-refractivity contribution in [3.05, 3.63) is 48.4 Å². The molecular formula is C20H20F2N4O2. The molecule has 0 spiro atoms. The lowest BCUT2D eigenvalue weighted by Gasteiger charge is -2.21. The molecule has 1 aliphatic rings. The van der Waals surface area contributed by atoms with Crippen molar-refractivity contribution in [1.29, 1.82) is 0 Å². The SMILES string of the molecule is CC(F)(F)c1ccc(-c2cnc(NCC3(O)CCOC3)c3cccnc23)nc1. The summed E-state index contributed by atoms with van der Waals surface area (Å²) in [6.07, 6.45) is 5.00. The minimum Gasteiger partial charge on any atom is -0.386 e.